The van der Waals surface area contributed by atoms with Gasteiger partial charge in [-0.15, -0.1) is 0 Å². The molecule has 2 nitrogen and oxygen atoms in total. The summed E-state index contributed by atoms with van der Waals surface area (Å²) >= 11 is 0. The number of hydrogen-bond donors (Lipinski definition) is 0. The highest BCUT2D eigenvalue weighted by atomic mass is 16.4. The maximum atomic E-state index is 6.55. The molecule has 2 aliphatic carbocycles. The Morgan fingerprint density at radius 3 is 1.59 bits per heavy atom. The molecule has 0 unspecified atom stereocenters. The molecule has 266 valence electrons. The highest BCUT2D eigenvalue weighted by molar-refractivity contribution is 6.19. The largest absolute Gasteiger partial charge is 0.452 e. The zero-order chi connectivity index (χ0) is 37.5. The van der Waals surface area contributed by atoms with Gasteiger partial charge in [-0.2, -0.15) is 0 Å². The lowest BCUT2D eigenvalue weighted by atomic mass is 9.77. The van der Waals surface area contributed by atoms with Crippen LogP contribution in [0.25, 0.3) is 99.5 Å². The fourth-order valence-corrected chi connectivity index (χ4v) is 10.2. The fourth-order valence-electron chi connectivity index (χ4n) is 10.2. The molecule has 0 bridgehead atoms. The quantitative estimate of drug-likeness (QED) is 0.182. The number of hydrogen-bond acceptors (Lipinski definition) is 2. The van der Waals surface area contributed by atoms with Crippen molar-refractivity contribution in [3.63, 3.8) is 0 Å². The van der Waals surface area contributed by atoms with E-state index in [-0.39, 0.29) is 10.8 Å². The summed E-state index contributed by atoms with van der Waals surface area (Å²) < 4.78 is 13.0. The predicted octanol–water partition coefficient (Wildman–Crippen LogP) is 15.1. The highest BCUT2D eigenvalue weighted by Gasteiger charge is 2.44. The first-order valence-corrected chi connectivity index (χ1v) is 19.7. The van der Waals surface area contributed by atoms with Crippen molar-refractivity contribution >= 4 is 43.9 Å². The predicted molar refractivity (Wildman–Crippen MR) is 232 cm³/mol. The van der Waals surface area contributed by atoms with E-state index in [0.29, 0.717) is 0 Å². The van der Waals surface area contributed by atoms with Crippen LogP contribution in [0, 0.1) is 0 Å². The SMILES string of the molecule is CC1(C)c2cc(-c3cccc(-c4ccc5oc6c(ccc7c8cc(-c9ccccc9)ccc8oc76)c5c4)c3)ccc2-c2c1ccc1c2C(C)(C)c2ccccc2-1. The molecular formula is C54H38O2. The molecule has 10 aromatic rings. The van der Waals surface area contributed by atoms with Crippen LogP contribution in [0.15, 0.2) is 167 Å². The number of benzene rings is 8. The second kappa shape index (κ2) is 11.0. The van der Waals surface area contributed by atoms with Crippen LogP contribution < -0.4 is 0 Å². The van der Waals surface area contributed by atoms with Gasteiger partial charge in [0.15, 0.2) is 11.2 Å². The molecule has 0 saturated heterocycles. The normalized spacial score (nSPS) is 14.7. The van der Waals surface area contributed by atoms with E-state index in [1.54, 1.807) is 0 Å². The lowest BCUT2D eigenvalue weighted by Gasteiger charge is -2.26. The standard InChI is InChI=1S/C54H38O2/c1-53(2)45-24-23-38-37-15-8-9-16-44(37)54(3,4)50(38)49(45)41-20-17-36(30-46(41)53)33-14-10-13-32(27-33)35-19-26-48-43(29-35)40-22-21-39-42-28-34(31-11-6-5-7-12-31)18-25-47(42)55-51(39)52(40)56-48/h5-30H,1-4H3. The lowest BCUT2D eigenvalue weighted by molar-refractivity contribution is 0.633. The average molecular weight is 719 g/mol. The molecule has 2 aliphatic rings. The summed E-state index contributed by atoms with van der Waals surface area (Å²) in [6.07, 6.45) is 0. The summed E-state index contributed by atoms with van der Waals surface area (Å²) in [5, 5.41) is 4.31. The van der Waals surface area contributed by atoms with Crippen LogP contribution in [0.3, 0.4) is 0 Å². The Morgan fingerprint density at radius 1 is 0.339 bits per heavy atom. The van der Waals surface area contributed by atoms with Crippen LogP contribution in [0.4, 0.5) is 0 Å². The summed E-state index contributed by atoms with van der Waals surface area (Å²) in [6, 6.07) is 57.7. The molecule has 0 atom stereocenters. The Hall–Kier alpha value is -6.64. The molecule has 2 aromatic heterocycles. The topological polar surface area (TPSA) is 26.3 Å². The summed E-state index contributed by atoms with van der Waals surface area (Å²) in [5.74, 6) is 0. The third-order valence-electron chi connectivity index (χ3n) is 13.1. The molecule has 2 heteroatoms. The van der Waals surface area contributed by atoms with E-state index in [4.69, 9.17) is 8.83 Å². The van der Waals surface area contributed by atoms with Gasteiger partial charge in [-0.3, -0.25) is 0 Å². The maximum absolute atomic E-state index is 6.55. The van der Waals surface area contributed by atoms with E-state index in [9.17, 15) is 0 Å². The van der Waals surface area contributed by atoms with Gasteiger partial charge in [0.1, 0.15) is 11.2 Å². The summed E-state index contributed by atoms with van der Waals surface area (Å²) in [4.78, 5) is 0. The van der Waals surface area contributed by atoms with Crippen molar-refractivity contribution < 1.29 is 8.83 Å². The minimum Gasteiger partial charge on any atom is -0.452 e. The molecule has 12 rings (SSSR count). The minimum atomic E-state index is -0.110. The molecule has 0 radical (unpaired) electrons. The summed E-state index contributed by atoms with van der Waals surface area (Å²) in [5.41, 5.74) is 21.6. The van der Waals surface area contributed by atoms with Gasteiger partial charge in [-0.05, 0) is 126 Å². The third kappa shape index (κ3) is 4.22. The van der Waals surface area contributed by atoms with E-state index in [0.717, 1.165) is 49.4 Å². The van der Waals surface area contributed by atoms with E-state index < -0.39 is 0 Å². The molecular weight excluding hydrogens is 681 g/mol. The van der Waals surface area contributed by atoms with Gasteiger partial charge in [0.2, 0.25) is 0 Å². The molecule has 0 aliphatic heterocycles. The minimum absolute atomic E-state index is 0.0615. The molecule has 0 N–H and O–H groups in total. The Balaban J connectivity index is 0.932. The molecule has 0 fully saturated rings. The van der Waals surface area contributed by atoms with Crippen LogP contribution >= 0.6 is 0 Å². The molecule has 0 amide bonds. The molecule has 8 aromatic carbocycles. The fraction of sp³-hybridized carbons (Fsp3) is 0.111. The first kappa shape index (κ1) is 31.7. The number of fused-ring (bicyclic) bond motifs is 14. The first-order chi connectivity index (χ1) is 27.3. The van der Waals surface area contributed by atoms with Gasteiger partial charge >= 0.3 is 0 Å². The third-order valence-corrected chi connectivity index (χ3v) is 13.1. The second-order valence-electron chi connectivity index (χ2n) is 16.9. The van der Waals surface area contributed by atoms with Crippen molar-refractivity contribution in [3.05, 3.63) is 180 Å². The zero-order valence-electron chi connectivity index (χ0n) is 31.8. The number of rotatable bonds is 3. The van der Waals surface area contributed by atoms with E-state index in [1.165, 1.54) is 72.3 Å². The number of furan rings is 2. The van der Waals surface area contributed by atoms with Gasteiger partial charge in [-0.25, -0.2) is 0 Å². The Bertz CT molecular complexity index is 3300. The monoisotopic (exact) mass is 718 g/mol. The molecule has 2 heterocycles. The van der Waals surface area contributed by atoms with E-state index >= 15 is 0 Å². The van der Waals surface area contributed by atoms with Crippen molar-refractivity contribution in [2.75, 3.05) is 0 Å². The van der Waals surface area contributed by atoms with Gasteiger partial charge in [0.05, 0.1) is 0 Å². The van der Waals surface area contributed by atoms with Gasteiger partial charge < -0.3 is 8.83 Å². The van der Waals surface area contributed by atoms with Crippen molar-refractivity contribution in [3.8, 4) is 55.6 Å². The second-order valence-corrected chi connectivity index (χ2v) is 16.9. The summed E-state index contributed by atoms with van der Waals surface area (Å²) in [6.45, 7) is 9.58. The van der Waals surface area contributed by atoms with Crippen LogP contribution in [0.2, 0.25) is 0 Å². The Morgan fingerprint density at radius 2 is 0.893 bits per heavy atom. The van der Waals surface area contributed by atoms with E-state index in [2.05, 4.69) is 179 Å². The molecule has 56 heavy (non-hydrogen) atoms. The maximum Gasteiger partial charge on any atom is 0.178 e. The van der Waals surface area contributed by atoms with Gasteiger partial charge in [0.25, 0.3) is 0 Å². The zero-order valence-corrected chi connectivity index (χ0v) is 31.8. The Kier molecular flexibility index (Phi) is 6.22. The molecule has 0 saturated carbocycles. The highest BCUT2D eigenvalue weighted by Crippen LogP contribution is 2.59. The van der Waals surface area contributed by atoms with Gasteiger partial charge in [0, 0.05) is 32.4 Å². The Labute approximate surface area is 325 Å². The van der Waals surface area contributed by atoms with Crippen molar-refractivity contribution in [2.24, 2.45) is 0 Å². The van der Waals surface area contributed by atoms with Crippen LogP contribution in [0.5, 0.6) is 0 Å². The van der Waals surface area contributed by atoms with Crippen molar-refractivity contribution in [1.82, 2.24) is 0 Å². The van der Waals surface area contributed by atoms with E-state index in [1.807, 2.05) is 6.07 Å². The van der Waals surface area contributed by atoms with Gasteiger partial charge in [-0.1, -0.05) is 137 Å². The smallest absolute Gasteiger partial charge is 0.178 e. The average Bonchev–Trinajstić information content (AvgIpc) is 3.93. The van der Waals surface area contributed by atoms with Crippen LogP contribution in [0.1, 0.15) is 49.9 Å². The van der Waals surface area contributed by atoms with Crippen molar-refractivity contribution in [1.29, 1.82) is 0 Å². The first-order valence-electron chi connectivity index (χ1n) is 19.7. The van der Waals surface area contributed by atoms with Crippen LogP contribution in [-0.4, -0.2) is 0 Å². The molecule has 0 spiro atoms. The lowest BCUT2D eigenvalue weighted by Crippen LogP contribution is -2.18. The van der Waals surface area contributed by atoms with Crippen LogP contribution in [-0.2, 0) is 10.8 Å². The van der Waals surface area contributed by atoms with Crippen molar-refractivity contribution in [2.45, 2.75) is 38.5 Å². The summed E-state index contributed by atoms with van der Waals surface area (Å²) in [7, 11) is 0.